The zero-order valence-corrected chi connectivity index (χ0v) is 6.54. The van der Waals surface area contributed by atoms with Crippen molar-refractivity contribution >= 4 is 0 Å². The molecule has 66 valence electrons. The van der Waals surface area contributed by atoms with Crippen LogP contribution in [0.4, 0.5) is 0 Å². The first-order chi connectivity index (χ1) is 4.18. The van der Waals surface area contributed by atoms with E-state index in [1.807, 2.05) is 0 Å². The van der Waals surface area contributed by atoms with E-state index < -0.39 is 0 Å². The number of aliphatic hydroxyl groups is 3. The zero-order chi connectivity index (χ0) is 7.70. The summed E-state index contributed by atoms with van der Waals surface area (Å²) >= 11 is 0. The molecular weight excluding hydrogens is 136 g/mol. The van der Waals surface area contributed by atoms with E-state index in [4.69, 9.17) is 15.3 Å². The maximum Gasteiger partial charge on any atom is 0.0533 e. The van der Waals surface area contributed by atoms with Crippen molar-refractivity contribution in [3.05, 3.63) is 0 Å². The molecule has 1 unspecified atom stereocenters. The second-order valence-corrected chi connectivity index (χ2v) is 1.68. The molecule has 0 bridgehead atoms. The third-order valence-corrected chi connectivity index (χ3v) is 0.547. The molecule has 1 atom stereocenters. The molecule has 0 aromatic carbocycles. The Morgan fingerprint density at radius 3 is 1.60 bits per heavy atom. The van der Waals surface area contributed by atoms with Gasteiger partial charge < -0.3 is 20.8 Å². The monoisotopic (exact) mass is 154 g/mol. The molecule has 0 rings (SSSR count). The zero-order valence-electron chi connectivity index (χ0n) is 6.54. The van der Waals surface area contributed by atoms with Gasteiger partial charge in [-0.25, -0.2) is 0 Å². The topological polar surface area (TPSA) is 92.2 Å². The molecular formula is C6H18O4. The highest BCUT2D eigenvalue weighted by Gasteiger charge is 1.88. The molecule has 0 aromatic rings. The summed E-state index contributed by atoms with van der Waals surface area (Å²) in [4.78, 5) is 0. The lowest BCUT2D eigenvalue weighted by Gasteiger charge is -1.95. The van der Waals surface area contributed by atoms with E-state index in [0.717, 1.165) is 0 Å². The number of rotatable bonds is 2. The smallest absolute Gasteiger partial charge is 0.0533 e. The Morgan fingerprint density at radius 1 is 1.30 bits per heavy atom. The minimum Gasteiger partial charge on any atom is -0.412 e. The molecule has 4 heteroatoms. The van der Waals surface area contributed by atoms with Crippen molar-refractivity contribution in [2.75, 3.05) is 13.2 Å². The van der Waals surface area contributed by atoms with Gasteiger partial charge in [-0.05, 0) is 20.3 Å². The van der Waals surface area contributed by atoms with E-state index in [9.17, 15) is 0 Å². The molecule has 0 radical (unpaired) electrons. The van der Waals surface area contributed by atoms with E-state index in [0.29, 0.717) is 6.42 Å². The molecule has 10 heavy (non-hydrogen) atoms. The summed E-state index contributed by atoms with van der Waals surface area (Å²) < 4.78 is 0. The molecule has 0 amide bonds. The normalized spacial score (nSPS) is 10.5. The third-order valence-electron chi connectivity index (χ3n) is 0.547. The fraction of sp³-hybridized carbons (Fsp3) is 1.00. The first-order valence-corrected chi connectivity index (χ1v) is 3.08. The molecule has 0 heterocycles. The van der Waals surface area contributed by atoms with Crippen LogP contribution in [0, 0.1) is 0 Å². The van der Waals surface area contributed by atoms with Crippen molar-refractivity contribution in [3.63, 3.8) is 0 Å². The number of aliphatic hydroxyl groups excluding tert-OH is 3. The van der Waals surface area contributed by atoms with Gasteiger partial charge in [0.2, 0.25) is 0 Å². The standard InChI is InChI=1S/C4H10O2.C2H6O.H2O/c1-4(6)2-3-5;1-2-3;/h4-6H,2-3H2,1H3;3H,2H2,1H3;1H2. The van der Waals surface area contributed by atoms with Gasteiger partial charge in [-0.3, -0.25) is 0 Å². The highest BCUT2D eigenvalue weighted by molar-refractivity contribution is 4.40. The Balaban J connectivity index is -0.000000107. The minimum absolute atomic E-state index is 0. The average molecular weight is 154 g/mol. The maximum absolute atomic E-state index is 8.39. The van der Waals surface area contributed by atoms with Gasteiger partial charge in [-0.1, -0.05) is 0 Å². The molecule has 0 aliphatic carbocycles. The number of hydrogen-bond acceptors (Lipinski definition) is 3. The van der Waals surface area contributed by atoms with Gasteiger partial charge in [0.1, 0.15) is 0 Å². The highest BCUT2D eigenvalue weighted by atomic mass is 16.3. The van der Waals surface area contributed by atoms with Crippen molar-refractivity contribution in [2.24, 2.45) is 0 Å². The molecule has 0 saturated heterocycles. The molecule has 0 aliphatic rings. The van der Waals surface area contributed by atoms with Crippen molar-refractivity contribution in [2.45, 2.75) is 26.4 Å². The summed E-state index contributed by atoms with van der Waals surface area (Å²) in [5.41, 5.74) is 0. The van der Waals surface area contributed by atoms with Gasteiger partial charge in [-0.2, -0.15) is 0 Å². The Labute approximate surface area is 61.4 Å². The van der Waals surface area contributed by atoms with Crippen LogP contribution in [0.3, 0.4) is 0 Å². The van der Waals surface area contributed by atoms with E-state index in [-0.39, 0.29) is 24.8 Å². The van der Waals surface area contributed by atoms with E-state index >= 15 is 0 Å². The summed E-state index contributed by atoms with van der Waals surface area (Å²) in [7, 11) is 0. The van der Waals surface area contributed by atoms with Gasteiger partial charge in [-0.15, -0.1) is 0 Å². The molecule has 0 saturated carbocycles. The van der Waals surface area contributed by atoms with Crippen molar-refractivity contribution in [1.29, 1.82) is 0 Å². The van der Waals surface area contributed by atoms with Crippen molar-refractivity contribution in [3.8, 4) is 0 Å². The predicted molar refractivity (Wildman–Crippen MR) is 39.8 cm³/mol. The van der Waals surface area contributed by atoms with E-state index in [2.05, 4.69) is 0 Å². The number of hydrogen-bond donors (Lipinski definition) is 3. The molecule has 5 N–H and O–H groups in total. The molecule has 0 aromatic heterocycles. The molecule has 4 nitrogen and oxygen atoms in total. The van der Waals surface area contributed by atoms with Gasteiger partial charge in [0.05, 0.1) is 6.10 Å². The fourth-order valence-corrected chi connectivity index (χ4v) is 0.187. The predicted octanol–water partition coefficient (Wildman–Crippen LogP) is -1.08. The van der Waals surface area contributed by atoms with Crippen LogP contribution in [-0.4, -0.2) is 40.1 Å². The van der Waals surface area contributed by atoms with Crippen molar-refractivity contribution in [1.82, 2.24) is 0 Å². The van der Waals surface area contributed by atoms with E-state index in [1.165, 1.54) is 0 Å². The van der Waals surface area contributed by atoms with Gasteiger partial charge in [0.15, 0.2) is 0 Å². The molecule has 0 spiro atoms. The van der Waals surface area contributed by atoms with Gasteiger partial charge in [0, 0.05) is 13.2 Å². The van der Waals surface area contributed by atoms with Crippen LogP contribution in [-0.2, 0) is 0 Å². The Hall–Kier alpha value is -0.160. The summed E-state index contributed by atoms with van der Waals surface area (Å²) in [5, 5.41) is 24.0. The second-order valence-electron chi connectivity index (χ2n) is 1.68. The summed E-state index contributed by atoms with van der Waals surface area (Å²) in [6.07, 6.45) is 0.134. The van der Waals surface area contributed by atoms with Crippen LogP contribution >= 0.6 is 0 Å². The van der Waals surface area contributed by atoms with Crippen LogP contribution in [0.2, 0.25) is 0 Å². The minimum atomic E-state index is -0.352. The van der Waals surface area contributed by atoms with Crippen LogP contribution in [0.1, 0.15) is 20.3 Å². The van der Waals surface area contributed by atoms with Crippen LogP contribution in [0.15, 0.2) is 0 Å². The average Bonchev–Trinajstić information content (AvgIpc) is 1.67. The largest absolute Gasteiger partial charge is 0.412 e. The van der Waals surface area contributed by atoms with Gasteiger partial charge in [0.25, 0.3) is 0 Å². The molecule has 0 fully saturated rings. The lowest BCUT2D eigenvalue weighted by atomic mass is 10.3. The van der Waals surface area contributed by atoms with Crippen molar-refractivity contribution < 1.29 is 20.8 Å². The van der Waals surface area contributed by atoms with E-state index in [1.54, 1.807) is 13.8 Å². The lowest BCUT2D eigenvalue weighted by molar-refractivity contribution is 0.148. The summed E-state index contributed by atoms with van der Waals surface area (Å²) in [5.74, 6) is 0. The quantitative estimate of drug-likeness (QED) is 0.472. The highest BCUT2D eigenvalue weighted by Crippen LogP contribution is 1.83. The third kappa shape index (κ3) is 45.5. The van der Waals surface area contributed by atoms with Gasteiger partial charge >= 0.3 is 0 Å². The fourth-order valence-electron chi connectivity index (χ4n) is 0.187. The first kappa shape index (κ1) is 16.4. The summed E-state index contributed by atoms with van der Waals surface area (Å²) in [6, 6.07) is 0. The first-order valence-electron chi connectivity index (χ1n) is 3.08. The van der Waals surface area contributed by atoms with Crippen LogP contribution < -0.4 is 0 Å². The molecule has 0 aliphatic heterocycles. The summed E-state index contributed by atoms with van der Waals surface area (Å²) in [6.45, 7) is 3.66. The SMILES string of the molecule is CC(O)CCO.CCO.O. The van der Waals surface area contributed by atoms with Crippen LogP contribution in [0.5, 0.6) is 0 Å². The lowest BCUT2D eigenvalue weighted by Crippen LogP contribution is -2.00. The van der Waals surface area contributed by atoms with Crippen LogP contribution in [0.25, 0.3) is 0 Å². The Kier molecular flexibility index (Phi) is 26.2. The second kappa shape index (κ2) is 15.9. The Bertz CT molecular complexity index is 38.7. The maximum atomic E-state index is 8.39. The Morgan fingerprint density at radius 2 is 1.60 bits per heavy atom.